The first-order chi connectivity index (χ1) is 14.5. The standard InChI is InChI=1S/C20H22N4O3S3/c1-2-23(16-10-12-30(26,27)14-16)18(25)13-29-20-22-21-19(17-9-6-11-28-17)24(20)15-7-4-3-5-8-15/h3-9,11,16H,2,10,12-14H2,1H3/t16-/m0/s1. The number of thioether (sulfide) groups is 1. The molecule has 0 saturated carbocycles. The molecule has 7 nitrogen and oxygen atoms in total. The van der Waals surface area contributed by atoms with E-state index in [4.69, 9.17) is 0 Å². The summed E-state index contributed by atoms with van der Waals surface area (Å²) in [5.41, 5.74) is 0.926. The predicted octanol–water partition coefficient (Wildman–Crippen LogP) is 3.12. The van der Waals surface area contributed by atoms with Crippen molar-refractivity contribution in [1.29, 1.82) is 0 Å². The molecule has 1 fully saturated rings. The number of amides is 1. The molecule has 1 aromatic carbocycles. The van der Waals surface area contributed by atoms with Crippen LogP contribution in [0.3, 0.4) is 0 Å². The fraction of sp³-hybridized carbons (Fsp3) is 0.350. The van der Waals surface area contributed by atoms with Crippen molar-refractivity contribution in [3.05, 3.63) is 47.8 Å². The highest BCUT2D eigenvalue weighted by atomic mass is 32.2. The molecule has 4 rings (SSSR count). The second kappa shape index (κ2) is 8.91. The fourth-order valence-electron chi connectivity index (χ4n) is 3.61. The summed E-state index contributed by atoms with van der Waals surface area (Å²) in [6.45, 7) is 2.38. The van der Waals surface area contributed by atoms with E-state index in [-0.39, 0.29) is 29.2 Å². The third-order valence-corrected chi connectivity index (χ3v) is 8.55. The smallest absolute Gasteiger partial charge is 0.233 e. The van der Waals surface area contributed by atoms with Crippen molar-refractivity contribution in [2.75, 3.05) is 23.8 Å². The summed E-state index contributed by atoms with van der Waals surface area (Å²) in [5, 5.41) is 11.3. The maximum Gasteiger partial charge on any atom is 0.233 e. The van der Waals surface area contributed by atoms with Gasteiger partial charge in [0, 0.05) is 18.3 Å². The Morgan fingerprint density at radius 3 is 2.67 bits per heavy atom. The number of hydrogen-bond donors (Lipinski definition) is 0. The molecule has 0 spiro atoms. The maximum absolute atomic E-state index is 12.9. The molecular weight excluding hydrogens is 440 g/mol. The van der Waals surface area contributed by atoms with Crippen LogP contribution in [0.25, 0.3) is 16.4 Å². The number of carbonyl (C=O) groups is 1. The molecule has 0 radical (unpaired) electrons. The molecule has 3 heterocycles. The van der Waals surface area contributed by atoms with Crippen molar-refractivity contribution in [3.8, 4) is 16.4 Å². The molecule has 30 heavy (non-hydrogen) atoms. The number of sulfone groups is 1. The van der Waals surface area contributed by atoms with E-state index in [0.717, 1.165) is 16.4 Å². The zero-order valence-corrected chi connectivity index (χ0v) is 18.9. The highest BCUT2D eigenvalue weighted by Crippen LogP contribution is 2.30. The minimum atomic E-state index is -3.04. The second-order valence-electron chi connectivity index (χ2n) is 6.98. The Morgan fingerprint density at radius 2 is 2.03 bits per heavy atom. The Balaban J connectivity index is 1.55. The van der Waals surface area contributed by atoms with Crippen molar-refractivity contribution in [2.24, 2.45) is 0 Å². The van der Waals surface area contributed by atoms with E-state index in [1.165, 1.54) is 11.8 Å². The van der Waals surface area contributed by atoms with Gasteiger partial charge in [-0.15, -0.1) is 21.5 Å². The molecule has 0 aliphatic carbocycles. The second-order valence-corrected chi connectivity index (χ2v) is 11.1. The normalized spacial score (nSPS) is 17.8. The number of carbonyl (C=O) groups excluding carboxylic acids is 1. The van der Waals surface area contributed by atoms with Gasteiger partial charge in [-0.2, -0.15) is 0 Å². The minimum absolute atomic E-state index is 0.0555. The third-order valence-electron chi connectivity index (χ3n) is 5.02. The summed E-state index contributed by atoms with van der Waals surface area (Å²) >= 11 is 2.91. The molecule has 1 aliphatic rings. The van der Waals surface area contributed by atoms with Gasteiger partial charge in [-0.3, -0.25) is 9.36 Å². The predicted molar refractivity (Wildman–Crippen MR) is 120 cm³/mol. The molecule has 2 aromatic heterocycles. The van der Waals surface area contributed by atoms with Crippen LogP contribution in [-0.4, -0.2) is 63.8 Å². The van der Waals surface area contributed by atoms with Gasteiger partial charge in [0.25, 0.3) is 0 Å². The lowest BCUT2D eigenvalue weighted by Crippen LogP contribution is -2.42. The molecule has 1 saturated heterocycles. The van der Waals surface area contributed by atoms with Crippen molar-refractivity contribution < 1.29 is 13.2 Å². The van der Waals surface area contributed by atoms with Gasteiger partial charge in [0.1, 0.15) is 0 Å². The van der Waals surface area contributed by atoms with E-state index in [1.807, 2.05) is 59.3 Å². The number of rotatable bonds is 7. The van der Waals surface area contributed by atoms with Crippen LogP contribution < -0.4 is 0 Å². The monoisotopic (exact) mass is 462 g/mol. The van der Waals surface area contributed by atoms with Gasteiger partial charge >= 0.3 is 0 Å². The third kappa shape index (κ3) is 4.45. The van der Waals surface area contributed by atoms with Gasteiger partial charge in [0.05, 0.1) is 22.1 Å². The lowest BCUT2D eigenvalue weighted by atomic mass is 10.2. The Morgan fingerprint density at radius 1 is 1.23 bits per heavy atom. The highest BCUT2D eigenvalue weighted by molar-refractivity contribution is 7.99. The number of aromatic nitrogens is 3. The van der Waals surface area contributed by atoms with Crippen molar-refractivity contribution in [2.45, 2.75) is 24.5 Å². The van der Waals surface area contributed by atoms with Gasteiger partial charge in [-0.05, 0) is 36.9 Å². The molecule has 1 aliphatic heterocycles. The van der Waals surface area contributed by atoms with Crippen molar-refractivity contribution in [3.63, 3.8) is 0 Å². The number of thiophene rings is 1. The molecule has 158 valence electrons. The summed E-state index contributed by atoms with van der Waals surface area (Å²) in [7, 11) is -3.04. The van der Waals surface area contributed by atoms with E-state index in [0.29, 0.717) is 18.1 Å². The number of benzene rings is 1. The molecular formula is C20H22N4O3S3. The van der Waals surface area contributed by atoms with Crippen LogP contribution in [0.2, 0.25) is 0 Å². The van der Waals surface area contributed by atoms with Crippen molar-refractivity contribution >= 4 is 38.8 Å². The quantitative estimate of drug-likeness (QED) is 0.502. The molecule has 0 unspecified atom stereocenters. The van der Waals surface area contributed by atoms with Crippen LogP contribution in [0.1, 0.15) is 13.3 Å². The lowest BCUT2D eigenvalue weighted by Gasteiger charge is -2.26. The van der Waals surface area contributed by atoms with Crippen LogP contribution in [-0.2, 0) is 14.6 Å². The van der Waals surface area contributed by atoms with Gasteiger partial charge in [0.15, 0.2) is 20.8 Å². The van der Waals surface area contributed by atoms with E-state index >= 15 is 0 Å². The average Bonchev–Trinajstić information content (AvgIpc) is 3.47. The average molecular weight is 463 g/mol. The summed E-state index contributed by atoms with van der Waals surface area (Å²) in [6, 6.07) is 13.5. The number of nitrogens with zero attached hydrogens (tertiary/aromatic N) is 4. The number of para-hydroxylation sites is 1. The Labute approximate surface area is 184 Å². The van der Waals surface area contributed by atoms with Crippen molar-refractivity contribution in [1.82, 2.24) is 19.7 Å². The first-order valence-electron chi connectivity index (χ1n) is 9.66. The van der Waals surface area contributed by atoms with Crippen LogP contribution in [0, 0.1) is 0 Å². The SMILES string of the molecule is CCN(C(=O)CSc1nnc(-c2cccs2)n1-c1ccccc1)[C@H]1CCS(=O)(=O)C1. The van der Waals surface area contributed by atoms with Crippen LogP contribution in [0.15, 0.2) is 53.0 Å². The summed E-state index contributed by atoms with van der Waals surface area (Å²) in [6.07, 6.45) is 0.509. The summed E-state index contributed by atoms with van der Waals surface area (Å²) < 4.78 is 25.6. The Hall–Kier alpha value is -2.17. The first-order valence-corrected chi connectivity index (χ1v) is 13.3. The molecule has 0 N–H and O–H groups in total. The molecule has 0 bridgehead atoms. The molecule has 1 amide bonds. The van der Waals surface area contributed by atoms with Gasteiger partial charge in [-0.1, -0.05) is 36.0 Å². The minimum Gasteiger partial charge on any atom is -0.338 e. The van der Waals surface area contributed by atoms with Crippen LogP contribution in [0.5, 0.6) is 0 Å². The van der Waals surface area contributed by atoms with Crippen LogP contribution >= 0.6 is 23.1 Å². The molecule has 3 aromatic rings. The van der Waals surface area contributed by atoms with Gasteiger partial charge in [0.2, 0.25) is 5.91 Å². The maximum atomic E-state index is 12.9. The van der Waals surface area contributed by atoms with E-state index in [2.05, 4.69) is 10.2 Å². The lowest BCUT2D eigenvalue weighted by molar-refractivity contribution is -0.129. The topological polar surface area (TPSA) is 85.2 Å². The zero-order chi connectivity index (χ0) is 21.1. The summed E-state index contributed by atoms with van der Waals surface area (Å²) in [4.78, 5) is 15.6. The van der Waals surface area contributed by atoms with E-state index in [9.17, 15) is 13.2 Å². The Bertz CT molecular complexity index is 1110. The zero-order valence-electron chi connectivity index (χ0n) is 16.5. The summed E-state index contributed by atoms with van der Waals surface area (Å²) in [5.74, 6) is 1.05. The fourth-order valence-corrected chi connectivity index (χ4v) is 6.87. The number of hydrogen-bond acceptors (Lipinski definition) is 7. The highest BCUT2D eigenvalue weighted by Gasteiger charge is 2.34. The largest absolute Gasteiger partial charge is 0.338 e. The van der Waals surface area contributed by atoms with Gasteiger partial charge in [-0.25, -0.2) is 8.42 Å². The molecule has 1 atom stereocenters. The Kier molecular flexibility index (Phi) is 6.26. The first kappa shape index (κ1) is 21.1. The van der Waals surface area contributed by atoms with E-state index in [1.54, 1.807) is 16.2 Å². The van der Waals surface area contributed by atoms with E-state index < -0.39 is 9.84 Å². The molecule has 10 heteroatoms. The van der Waals surface area contributed by atoms with Crippen LogP contribution in [0.4, 0.5) is 0 Å². The van der Waals surface area contributed by atoms with Gasteiger partial charge < -0.3 is 4.90 Å².